The summed E-state index contributed by atoms with van der Waals surface area (Å²) in [5.74, 6) is 0.301. The summed E-state index contributed by atoms with van der Waals surface area (Å²) < 4.78 is 38.2. The molecular weight excluding hydrogens is 241 g/mol. The Morgan fingerprint density at radius 2 is 1.83 bits per heavy atom. The molecule has 18 heavy (non-hydrogen) atoms. The molecule has 0 aliphatic heterocycles. The van der Waals surface area contributed by atoms with Gasteiger partial charge in [0.1, 0.15) is 0 Å². The third-order valence-corrected chi connectivity index (χ3v) is 2.84. The van der Waals surface area contributed by atoms with Gasteiger partial charge in [0.25, 0.3) is 0 Å². The zero-order chi connectivity index (χ0) is 13.9. The van der Waals surface area contributed by atoms with Gasteiger partial charge in [-0.05, 0) is 31.0 Å². The molecule has 2 nitrogen and oxygen atoms in total. The van der Waals surface area contributed by atoms with Crippen LogP contribution in [-0.2, 0) is 6.18 Å². The van der Waals surface area contributed by atoms with Crippen molar-refractivity contribution in [3.05, 3.63) is 29.3 Å². The first kappa shape index (κ1) is 14.4. The lowest BCUT2D eigenvalue weighted by Gasteiger charge is -2.20. The fourth-order valence-electron chi connectivity index (χ4n) is 1.40. The van der Waals surface area contributed by atoms with Gasteiger partial charge in [-0.15, -0.1) is 0 Å². The van der Waals surface area contributed by atoms with Gasteiger partial charge >= 0.3 is 6.18 Å². The number of hydrogen-bond acceptors (Lipinski definition) is 2. The molecule has 0 amide bonds. The van der Waals surface area contributed by atoms with Gasteiger partial charge in [0.15, 0.2) is 0 Å². The van der Waals surface area contributed by atoms with E-state index in [1.165, 1.54) is 12.1 Å². The Morgan fingerprint density at radius 1 is 1.22 bits per heavy atom. The van der Waals surface area contributed by atoms with Gasteiger partial charge in [-0.2, -0.15) is 18.4 Å². The minimum atomic E-state index is -4.51. The molecule has 1 unspecified atom stereocenters. The minimum Gasteiger partial charge on any atom is -0.382 e. The Kier molecular flexibility index (Phi) is 4.23. The molecule has 98 valence electrons. The van der Waals surface area contributed by atoms with E-state index in [2.05, 4.69) is 5.32 Å². The van der Waals surface area contributed by atoms with Crippen molar-refractivity contribution in [3.8, 4) is 6.07 Å². The number of nitriles is 1. The number of nitrogens with zero attached hydrogens (tertiary/aromatic N) is 1. The summed E-state index contributed by atoms with van der Waals surface area (Å²) in [5, 5.41) is 11.7. The molecule has 5 heteroatoms. The first-order valence-electron chi connectivity index (χ1n) is 5.63. The average Bonchev–Trinajstić information content (AvgIpc) is 2.27. The van der Waals surface area contributed by atoms with Gasteiger partial charge in [-0.25, -0.2) is 0 Å². The quantitative estimate of drug-likeness (QED) is 0.886. The van der Waals surface area contributed by atoms with Crippen LogP contribution in [0.3, 0.4) is 0 Å². The molecule has 0 heterocycles. The molecule has 1 atom stereocenters. The maximum absolute atomic E-state index is 12.7. The first-order chi connectivity index (χ1) is 8.25. The van der Waals surface area contributed by atoms with Crippen LogP contribution in [0, 0.1) is 17.2 Å². The molecule has 0 saturated heterocycles. The van der Waals surface area contributed by atoms with Gasteiger partial charge < -0.3 is 5.32 Å². The Hall–Kier alpha value is -1.70. The maximum atomic E-state index is 12.7. The predicted octanol–water partition coefficient (Wildman–Crippen LogP) is 4.03. The van der Waals surface area contributed by atoms with E-state index in [4.69, 9.17) is 5.26 Å². The highest BCUT2D eigenvalue weighted by atomic mass is 19.4. The van der Waals surface area contributed by atoms with Gasteiger partial charge in [0, 0.05) is 11.7 Å². The highest BCUT2D eigenvalue weighted by Gasteiger charge is 2.33. The number of benzene rings is 1. The molecule has 0 aliphatic carbocycles. The minimum absolute atomic E-state index is 0.0546. The molecule has 0 fully saturated rings. The van der Waals surface area contributed by atoms with Crippen LogP contribution in [0.4, 0.5) is 18.9 Å². The van der Waals surface area contributed by atoms with Gasteiger partial charge in [0.2, 0.25) is 0 Å². The lowest BCUT2D eigenvalue weighted by Crippen LogP contribution is -2.21. The van der Waals surface area contributed by atoms with Crippen LogP contribution in [-0.4, -0.2) is 6.04 Å². The van der Waals surface area contributed by atoms with E-state index in [1.54, 1.807) is 6.07 Å². The molecule has 0 aliphatic rings. The van der Waals surface area contributed by atoms with Crippen molar-refractivity contribution in [1.29, 1.82) is 5.26 Å². The number of anilines is 1. The lowest BCUT2D eigenvalue weighted by atomic mass is 10.0. The van der Waals surface area contributed by atoms with Gasteiger partial charge in [0.05, 0.1) is 17.2 Å². The molecular formula is C13H15F3N2. The van der Waals surface area contributed by atoms with Crippen molar-refractivity contribution in [2.45, 2.75) is 33.0 Å². The standard InChI is InChI=1S/C13H15F3N2/c1-8(2)9(3)18-11-5-4-10(7-17)12(6-11)13(14,15)16/h4-6,8-9,18H,1-3H3. The average molecular weight is 256 g/mol. The lowest BCUT2D eigenvalue weighted by molar-refractivity contribution is -0.137. The Bertz CT molecular complexity index is 458. The SMILES string of the molecule is CC(C)C(C)Nc1ccc(C#N)c(C(F)(F)F)c1. The Morgan fingerprint density at radius 3 is 2.28 bits per heavy atom. The number of rotatable bonds is 3. The van der Waals surface area contributed by atoms with Crippen LogP contribution in [0.1, 0.15) is 31.9 Å². The first-order valence-corrected chi connectivity index (χ1v) is 5.63. The van der Waals surface area contributed by atoms with E-state index in [0.717, 1.165) is 6.07 Å². The van der Waals surface area contributed by atoms with Crippen LogP contribution >= 0.6 is 0 Å². The monoisotopic (exact) mass is 256 g/mol. The number of nitrogens with one attached hydrogen (secondary N) is 1. The summed E-state index contributed by atoms with van der Waals surface area (Å²) in [7, 11) is 0. The summed E-state index contributed by atoms with van der Waals surface area (Å²) in [6.07, 6.45) is -4.51. The van der Waals surface area contributed by atoms with Crippen molar-refractivity contribution in [3.63, 3.8) is 0 Å². The third kappa shape index (κ3) is 3.39. The van der Waals surface area contributed by atoms with E-state index in [9.17, 15) is 13.2 Å². The van der Waals surface area contributed by atoms with Gasteiger partial charge in [-0.3, -0.25) is 0 Å². The van der Waals surface area contributed by atoms with Crippen molar-refractivity contribution >= 4 is 5.69 Å². The van der Waals surface area contributed by atoms with E-state index < -0.39 is 11.7 Å². The summed E-state index contributed by atoms with van der Waals surface area (Å²) >= 11 is 0. The highest BCUT2D eigenvalue weighted by molar-refractivity contribution is 5.53. The summed E-state index contributed by atoms with van der Waals surface area (Å²) in [6, 6.07) is 5.28. The molecule has 0 radical (unpaired) electrons. The molecule has 0 bridgehead atoms. The maximum Gasteiger partial charge on any atom is 0.417 e. The van der Waals surface area contributed by atoms with E-state index >= 15 is 0 Å². The summed E-state index contributed by atoms with van der Waals surface area (Å²) in [5.41, 5.74) is -0.876. The van der Waals surface area contributed by atoms with Crippen LogP contribution in [0.2, 0.25) is 0 Å². The van der Waals surface area contributed by atoms with Crippen molar-refractivity contribution in [1.82, 2.24) is 0 Å². The van der Waals surface area contributed by atoms with E-state index in [-0.39, 0.29) is 11.6 Å². The number of hydrogen-bond donors (Lipinski definition) is 1. The Labute approximate surface area is 104 Å². The van der Waals surface area contributed by atoms with Crippen LogP contribution < -0.4 is 5.32 Å². The summed E-state index contributed by atoms with van der Waals surface area (Å²) in [4.78, 5) is 0. The normalized spacial score (nSPS) is 13.2. The highest BCUT2D eigenvalue weighted by Crippen LogP contribution is 2.33. The molecule has 1 rings (SSSR count). The fraction of sp³-hybridized carbons (Fsp3) is 0.462. The second-order valence-electron chi connectivity index (χ2n) is 4.55. The molecule has 0 aromatic heterocycles. The van der Waals surface area contributed by atoms with E-state index in [1.807, 2.05) is 20.8 Å². The second-order valence-corrected chi connectivity index (χ2v) is 4.55. The van der Waals surface area contributed by atoms with Crippen molar-refractivity contribution in [2.75, 3.05) is 5.32 Å². The van der Waals surface area contributed by atoms with Crippen molar-refractivity contribution in [2.24, 2.45) is 5.92 Å². The zero-order valence-electron chi connectivity index (χ0n) is 10.5. The topological polar surface area (TPSA) is 35.8 Å². The molecule has 0 saturated carbocycles. The number of halogens is 3. The van der Waals surface area contributed by atoms with Crippen molar-refractivity contribution < 1.29 is 13.2 Å². The fourth-order valence-corrected chi connectivity index (χ4v) is 1.40. The second kappa shape index (κ2) is 5.30. The van der Waals surface area contributed by atoms with Crippen LogP contribution in [0.5, 0.6) is 0 Å². The Balaban J connectivity index is 3.09. The third-order valence-electron chi connectivity index (χ3n) is 2.84. The van der Waals surface area contributed by atoms with Gasteiger partial charge in [-0.1, -0.05) is 13.8 Å². The summed E-state index contributed by atoms with van der Waals surface area (Å²) in [6.45, 7) is 5.86. The predicted molar refractivity (Wildman–Crippen MR) is 64.1 cm³/mol. The molecule has 0 spiro atoms. The van der Waals surface area contributed by atoms with Crippen LogP contribution in [0.15, 0.2) is 18.2 Å². The van der Waals surface area contributed by atoms with Crippen LogP contribution in [0.25, 0.3) is 0 Å². The largest absolute Gasteiger partial charge is 0.417 e. The number of alkyl halides is 3. The molecule has 1 aromatic carbocycles. The zero-order valence-corrected chi connectivity index (χ0v) is 10.5. The molecule has 1 aromatic rings. The molecule has 1 N–H and O–H groups in total. The van der Waals surface area contributed by atoms with E-state index in [0.29, 0.717) is 11.6 Å². The smallest absolute Gasteiger partial charge is 0.382 e.